The van der Waals surface area contributed by atoms with Crippen molar-refractivity contribution >= 4 is 45.1 Å². The van der Waals surface area contributed by atoms with Crippen LogP contribution in [0.3, 0.4) is 0 Å². The van der Waals surface area contributed by atoms with Crippen LogP contribution in [0.5, 0.6) is 0 Å². The molecule has 11 heteroatoms. The van der Waals surface area contributed by atoms with Crippen LogP contribution >= 0.6 is 23.2 Å². The maximum absolute atomic E-state index is 14.5. The monoisotopic (exact) mass is 530 g/mol. The van der Waals surface area contributed by atoms with Gasteiger partial charge in [0.05, 0.1) is 24.0 Å². The third kappa shape index (κ3) is 6.27. The van der Waals surface area contributed by atoms with E-state index in [2.05, 4.69) is 0 Å². The summed E-state index contributed by atoms with van der Waals surface area (Å²) in [7, 11) is -4.19. The molecule has 1 heterocycles. The van der Waals surface area contributed by atoms with Gasteiger partial charge in [0, 0.05) is 35.2 Å². The highest BCUT2D eigenvalue weighted by atomic mass is 35.5. The summed E-state index contributed by atoms with van der Waals surface area (Å²) >= 11 is 12.0. The summed E-state index contributed by atoms with van der Waals surface area (Å²) in [6.07, 6.45) is 0.849. The number of rotatable bonds is 8. The number of amides is 1. The van der Waals surface area contributed by atoms with Gasteiger partial charge in [-0.15, -0.1) is 0 Å². The zero-order valence-corrected chi connectivity index (χ0v) is 20.9. The van der Waals surface area contributed by atoms with Crippen LogP contribution in [-0.2, 0) is 30.9 Å². The Morgan fingerprint density at radius 1 is 1.12 bits per heavy atom. The molecule has 1 fully saturated rings. The summed E-state index contributed by atoms with van der Waals surface area (Å²) in [6.45, 7) is 1.65. The molecule has 0 N–H and O–H groups in total. The van der Waals surface area contributed by atoms with Gasteiger partial charge in [-0.2, -0.15) is 4.31 Å². The van der Waals surface area contributed by atoms with E-state index in [1.165, 1.54) is 47.4 Å². The van der Waals surface area contributed by atoms with Crippen molar-refractivity contribution in [3.63, 3.8) is 0 Å². The van der Waals surface area contributed by atoms with Crippen LogP contribution in [0.1, 0.15) is 25.3 Å². The van der Waals surface area contributed by atoms with Gasteiger partial charge in [0.25, 0.3) is 0 Å². The average molecular weight is 531 g/mol. The number of sulfonamides is 1. The van der Waals surface area contributed by atoms with Gasteiger partial charge >= 0.3 is 5.97 Å². The summed E-state index contributed by atoms with van der Waals surface area (Å²) in [5, 5.41) is 0.405. The number of ether oxygens (including phenoxy) is 1. The van der Waals surface area contributed by atoms with E-state index in [9.17, 15) is 22.4 Å². The zero-order valence-electron chi connectivity index (χ0n) is 18.5. The van der Waals surface area contributed by atoms with Gasteiger partial charge in [-0.3, -0.25) is 9.59 Å². The minimum atomic E-state index is -4.19. The molecule has 1 aliphatic heterocycles. The molecule has 1 amide bonds. The molecule has 0 saturated carbocycles. The molecule has 184 valence electrons. The molecule has 0 radical (unpaired) electrons. The maximum atomic E-state index is 14.5. The van der Waals surface area contributed by atoms with Crippen LogP contribution in [0.2, 0.25) is 10.0 Å². The van der Waals surface area contributed by atoms with Crippen LogP contribution in [0, 0.1) is 11.7 Å². The first-order chi connectivity index (χ1) is 16.1. The molecule has 0 unspecified atom stereocenters. The van der Waals surface area contributed by atoms with E-state index >= 15 is 0 Å². The van der Waals surface area contributed by atoms with Crippen molar-refractivity contribution in [1.82, 2.24) is 9.21 Å². The Bertz CT molecular complexity index is 1120. The fraction of sp³-hybridized carbons (Fsp3) is 0.391. The average Bonchev–Trinajstić information content (AvgIpc) is 2.81. The lowest BCUT2D eigenvalue weighted by Crippen LogP contribution is -2.46. The van der Waals surface area contributed by atoms with Gasteiger partial charge in [-0.25, -0.2) is 12.8 Å². The van der Waals surface area contributed by atoms with Crippen molar-refractivity contribution in [2.45, 2.75) is 31.2 Å². The van der Waals surface area contributed by atoms with Crippen LogP contribution in [0.25, 0.3) is 0 Å². The van der Waals surface area contributed by atoms with Crippen molar-refractivity contribution in [3.05, 3.63) is 63.9 Å². The van der Waals surface area contributed by atoms with Crippen molar-refractivity contribution in [2.24, 2.45) is 5.92 Å². The van der Waals surface area contributed by atoms with Crippen molar-refractivity contribution in [1.29, 1.82) is 0 Å². The SMILES string of the molecule is CCOC(=O)C1CCN(C(=O)CN(Cc2c(F)cccc2Cl)S(=O)(=O)c2ccc(Cl)cc2)CC1. The minimum Gasteiger partial charge on any atom is -0.466 e. The summed E-state index contributed by atoms with van der Waals surface area (Å²) < 4.78 is 47.2. The highest BCUT2D eigenvalue weighted by molar-refractivity contribution is 7.89. The van der Waals surface area contributed by atoms with Gasteiger partial charge in [-0.05, 0) is 56.2 Å². The lowest BCUT2D eigenvalue weighted by Gasteiger charge is -2.32. The van der Waals surface area contributed by atoms with Gasteiger partial charge in [0.2, 0.25) is 15.9 Å². The summed E-state index contributed by atoms with van der Waals surface area (Å²) in [6, 6.07) is 9.53. The van der Waals surface area contributed by atoms with E-state index in [-0.39, 0.29) is 47.1 Å². The molecule has 34 heavy (non-hydrogen) atoms. The third-order valence-corrected chi connectivity index (χ3v) is 8.04. The molecule has 0 atom stereocenters. The number of piperidine rings is 1. The number of carbonyl (C=O) groups is 2. The zero-order chi connectivity index (χ0) is 24.9. The molecule has 1 aliphatic rings. The Labute approximate surface area is 208 Å². The number of hydrogen-bond donors (Lipinski definition) is 0. The molecule has 3 rings (SSSR count). The Kier molecular flexibility index (Phi) is 8.92. The van der Waals surface area contributed by atoms with E-state index < -0.39 is 34.8 Å². The second kappa shape index (κ2) is 11.5. The minimum absolute atomic E-state index is 0.0319. The standard InChI is InChI=1S/C23H25Cl2FN2O5S/c1-2-33-23(30)16-10-12-27(13-11-16)22(29)15-28(14-19-20(25)4-3-5-21(19)26)34(31,32)18-8-6-17(24)7-9-18/h3-9,16H,2,10-15H2,1H3. The van der Waals surface area contributed by atoms with E-state index in [1.807, 2.05) is 0 Å². The fourth-order valence-corrected chi connectivity index (χ4v) is 5.42. The van der Waals surface area contributed by atoms with Crippen LogP contribution in [-0.4, -0.2) is 55.7 Å². The first-order valence-corrected chi connectivity index (χ1v) is 13.0. The Morgan fingerprint density at radius 3 is 2.35 bits per heavy atom. The molecule has 0 spiro atoms. The van der Waals surface area contributed by atoms with E-state index in [0.717, 1.165) is 4.31 Å². The highest BCUT2D eigenvalue weighted by Crippen LogP contribution is 2.26. The van der Waals surface area contributed by atoms with E-state index in [1.54, 1.807) is 6.92 Å². The maximum Gasteiger partial charge on any atom is 0.309 e. The van der Waals surface area contributed by atoms with Gasteiger partial charge in [-0.1, -0.05) is 29.3 Å². The Hall–Kier alpha value is -2.20. The molecule has 7 nitrogen and oxygen atoms in total. The topological polar surface area (TPSA) is 84.0 Å². The number of likely N-dealkylation sites (tertiary alicyclic amines) is 1. The Morgan fingerprint density at radius 2 is 1.76 bits per heavy atom. The van der Waals surface area contributed by atoms with Crippen molar-refractivity contribution in [3.8, 4) is 0 Å². The van der Waals surface area contributed by atoms with Gasteiger partial charge in [0.15, 0.2) is 0 Å². The molecular weight excluding hydrogens is 506 g/mol. The molecular formula is C23H25Cl2FN2O5S. The number of benzene rings is 2. The van der Waals surface area contributed by atoms with E-state index in [4.69, 9.17) is 27.9 Å². The number of esters is 1. The molecule has 0 bridgehead atoms. The number of halogens is 3. The lowest BCUT2D eigenvalue weighted by atomic mass is 9.97. The predicted octanol–water partition coefficient (Wildman–Crippen LogP) is 4.13. The first kappa shape index (κ1) is 26.4. The lowest BCUT2D eigenvalue weighted by molar-refractivity contribution is -0.151. The highest BCUT2D eigenvalue weighted by Gasteiger charge is 2.33. The summed E-state index contributed by atoms with van der Waals surface area (Å²) in [4.78, 5) is 26.4. The molecule has 1 saturated heterocycles. The largest absolute Gasteiger partial charge is 0.466 e. The van der Waals surface area contributed by atoms with Gasteiger partial charge < -0.3 is 9.64 Å². The first-order valence-electron chi connectivity index (χ1n) is 10.8. The van der Waals surface area contributed by atoms with Crippen LogP contribution < -0.4 is 0 Å². The molecule has 0 aliphatic carbocycles. The second-order valence-corrected chi connectivity index (χ2v) is 10.6. The second-order valence-electron chi connectivity index (χ2n) is 7.83. The van der Waals surface area contributed by atoms with Gasteiger partial charge in [0.1, 0.15) is 5.82 Å². The molecule has 2 aromatic rings. The van der Waals surface area contributed by atoms with Crippen LogP contribution in [0.4, 0.5) is 4.39 Å². The smallest absolute Gasteiger partial charge is 0.309 e. The fourth-order valence-electron chi connectivity index (χ4n) is 3.72. The number of nitrogens with zero attached hydrogens (tertiary/aromatic N) is 2. The van der Waals surface area contributed by atoms with Crippen molar-refractivity contribution in [2.75, 3.05) is 26.2 Å². The summed E-state index contributed by atoms with van der Waals surface area (Å²) in [5.41, 5.74) is -0.0319. The van der Waals surface area contributed by atoms with Crippen molar-refractivity contribution < 1.29 is 27.1 Å². The third-order valence-electron chi connectivity index (χ3n) is 5.63. The van der Waals surface area contributed by atoms with E-state index in [0.29, 0.717) is 17.9 Å². The normalized spacial score (nSPS) is 14.9. The summed E-state index contributed by atoms with van der Waals surface area (Å²) in [5.74, 6) is -1.72. The quantitative estimate of drug-likeness (QED) is 0.479. The number of carbonyl (C=O) groups excluding carboxylic acids is 2. The Balaban J connectivity index is 1.82. The molecule has 0 aromatic heterocycles. The number of hydrogen-bond acceptors (Lipinski definition) is 5. The predicted molar refractivity (Wildman–Crippen MR) is 126 cm³/mol. The van der Waals surface area contributed by atoms with Crippen LogP contribution in [0.15, 0.2) is 47.4 Å². The molecule has 2 aromatic carbocycles.